The third-order valence-electron chi connectivity index (χ3n) is 3.45. The molecule has 1 heterocycles. The molecule has 0 radical (unpaired) electrons. The molecule has 0 atom stereocenters. The number of benzene rings is 1. The van der Waals surface area contributed by atoms with Crippen molar-refractivity contribution in [1.82, 2.24) is 15.1 Å². The van der Waals surface area contributed by atoms with E-state index in [4.69, 9.17) is 0 Å². The zero-order chi connectivity index (χ0) is 18.6. The molecular formula is C15H15F3N4O3. The molecule has 1 amide bonds. The van der Waals surface area contributed by atoms with E-state index >= 15 is 0 Å². The lowest BCUT2D eigenvalue weighted by atomic mass is 10.1. The van der Waals surface area contributed by atoms with Gasteiger partial charge < -0.3 is 5.32 Å². The fourth-order valence-corrected chi connectivity index (χ4v) is 2.23. The van der Waals surface area contributed by atoms with Gasteiger partial charge in [0.1, 0.15) is 5.56 Å². The minimum absolute atomic E-state index is 0.0675. The van der Waals surface area contributed by atoms with Crippen molar-refractivity contribution in [3.8, 4) is 0 Å². The van der Waals surface area contributed by atoms with Crippen LogP contribution in [-0.2, 0) is 12.7 Å². The zero-order valence-corrected chi connectivity index (χ0v) is 13.2. The second kappa shape index (κ2) is 7.32. The largest absolute Gasteiger partial charge is 0.435 e. The van der Waals surface area contributed by atoms with Crippen LogP contribution in [-0.4, -0.2) is 27.2 Å². The number of amides is 1. The van der Waals surface area contributed by atoms with Gasteiger partial charge in [-0.2, -0.15) is 18.3 Å². The number of aryl methyl sites for hydroxylation is 2. The first kappa shape index (κ1) is 18.4. The number of nitrogens with zero attached hydrogens (tertiary/aromatic N) is 3. The molecule has 0 saturated heterocycles. The lowest BCUT2D eigenvalue weighted by molar-refractivity contribution is -0.385. The normalized spacial score (nSPS) is 11.4. The number of aromatic nitrogens is 2. The van der Waals surface area contributed by atoms with Crippen molar-refractivity contribution in [1.29, 1.82) is 0 Å². The number of carbonyl (C=O) groups is 1. The highest BCUT2D eigenvalue weighted by Crippen LogP contribution is 2.28. The number of carbonyl (C=O) groups excluding carboxylic acids is 1. The summed E-state index contributed by atoms with van der Waals surface area (Å²) in [6.07, 6.45) is -4.18. The number of nitro groups is 1. The Morgan fingerprint density at radius 2 is 2.04 bits per heavy atom. The van der Waals surface area contributed by atoms with Crippen LogP contribution in [0.4, 0.5) is 18.9 Å². The highest BCUT2D eigenvalue weighted by atomic mass is 19.4. The summed E-state index contributed by atoms with van der Waals surface area (Å²) in [4.78, 5) is 22.2. The molecule has 134 valence electrons. The lowest BCUT2D eigenvalue weighted by Gasteiger charge is -2.07. The van der Waals surface area contributed by atoms with Crippen LogP contribution < -0.4 is 5.32 Å². The van der Waals surface area contributed by atoms with Crippen molar-refractivity contribution < 1.29 is 22.9 Å². The first-order valence-electron chi connectivity index (χ1n) is 7.33. The Kier molecular flexibility index (Phi) is 5.40. The van der Waals surface area contributed by atoms with Crippen LogP contribution in [0.5, 0.6) is 0 Å². The van der Waals surface area contributed by atoms with Crippen molar-refractivity contribution in [3.63, 3.8) is 0 Å². The predicted octanol–water partition coefficient (Wildman–Crippen LogP) is 2.94. The summed E-state index contributed by atoms with van der Waals surface area (Å²) in [6, 6.07) is 6.47. The highest BCUT2D eigenvalue weighted by molar-refractivity contribution is 5.98. The molecule has 10 heteroatoms. The van der Waals surface area contributed by atoms with Gasteiger partial charge in [0, 0.05) is 24.8 Å². The molecule has 1 aromatic heterocycles. The number of hydrogen-bond donors (Lipinski definition) is 1. The van der Waals surface area contributed by atoms with Crippen molar-refractivity contribution >= 4 is 11.6 Å². The van der Waals surface area contributed by atoms with E-state index < -0.39 is 22.7 Å². The summed E-state index contributed by atoms with van der Waals surface area (Å²) in [7, 11) is 0. The summed E-state index contributed by atoms with van der Waals surface area (Å²) in [5.74, 6) is -0.611. The van der Waals surface area contributed by atoms with E-state index in [9.17, 15) is 28.1 Å². The summed E-state index contributed by atoms with van der Waals surface area (Å²) >= 11 is 0. The van der Waals surface area contributed by atoms with E-state index in [1.54, 1.807) is 0 Å². The van der Waals surface area contributed by atoms with Crippen LogP contribution in [0.1, 0.15) is 28.2 Å². The second-order valence-corrected chi connectivity index (χ2v) is 5.28. The van der Waals surface area contributed by atoms with E-state index in [0.717, 1.165) is 6.07 Å². The monoisotopic (exact) mass is 356 g/mol. The third-order valence-corrected chi connectivity index (χ3v) is 3.45. The molecule has 0 spiro atoms. The number of nitro benzene ring substituents is 1. The SMILES string of the molecule is Cc1cc(C(F)(F)F)nn1CCCNC(=O)c1ccccc1[N+](=O)[O-]. The van der Waals surface area contributed by atoms with Gasteiger partial charge in [0.15, 0.2) is 5.69 Å². The molecule has 0 saturated carbocycles. The van der Waals surface area contributed by atoms with E-state index in [1.165, 1.54) is 35.9 Å². The first-order chi connectivity index (χ1) is 11.7. The first-order valence-corrected chi connectivity index (χ1v) is 7.33. The highest BCUT2D eigenvalue weighted by Gasteiger charge is 2.34. The summed E-state index contributed by atoms with van der Waals surface area (Å²) in [5, 5.41) is 16.9. The molecule has 2 aromatic rings. The number of para-hydroxylation sites is 1. The van der Waals surface area contributed by atoms with Gasteiger partial charge in [-0.3, -0.25) is 19.6 Å². The number of halogens is 3. The van der Waals surface area contributed by atoms with Crippen molar-refractivity contribution in [2.24, 2.45) is 0 Å². The Balaban J connectivity index is 1.91. The molecule has 25 heavy (non-hydrogen) atoms. The molecule has 0 aliphatic carbocycles. The van der Waals surface area contributed by atoms with Crippen molar-refractivity contribution in [2.45, 2.75) is 26.1 Å². The average Bonchev–Trinajstić information content (AvgIpc) is 2.92. The number of rotatable bonds is 6. The molecule has 1 N–H and O–H groups in total. The van der Waals surface area contributed by atoms with Crippen molar-refractivity contribution in [3.05, 3.63) is 57.4 Å². The average molecular weight is 356 g/mol. The van der Waals surface area contributed by atoms with Crippen LogP contribution in [0.2, 0.25) is 0 Å². The minimum atomic E-state index is -4.50. The second-order valence-electron chi connectivity index (χ2n) is 5.28. The third kappa shape index (κ3) is 4.55. The molecule has 0 aliphatic rings. The topological polar surface area (TPSA) is 90.1 Å². The summed E-state index contributed by atoms with van der Waals surface area (Å²) in [5.41, 5.74) is -0.980. The molecule has 2 rings (SSSR count). The summed E-state index contributed by atoms with van der Waals surface area (Å²) < 4.78 is 38.9. The van der Waals surface area contributed by atoms with Crippen LogP contribution in [0, 0.1) is 17.0 Å². The van der Waals surface area contributed by atoms with Crippen LogP contribution >= 0.6 is 0 Å². The van der Waals surface area contributed by atoms with Crippen molar-refractivity contribution in [2.75, 3.05) is 6.54 Å². The Morgan fingerprint density at radius 3 is 2.64 bits per heavy atom. The van der Waals surface area contributed by atoms with E-state index in [-0.39, 0.29) is 24.3 Å². The molecule has 0 unspecified atom stereocenters. The number of hydrogen-bond acceptors (Lipinski definition) is 4. The van der Waals surface area contributed by atoms with Crippen LogP contribution in [0.25, 0.3) is 0 Å². The van der Waals surface area contributed by atoms with E-state index in [0.29, 0.717) is 12.1 Å². The van der Waals surface area contributed by atoms with Gasteiger partial charge in [0.05, 0.1) is 4.92 Å². The Labute approximate surface area is 140 Å². The Bertz CT molecular complexity index is 787. The molecule has 1 aromatic carbocycles. The van der Waals surface area contributed by atoms with Gasteiger partial charge in [-0.1, -0.05) is 12.1 Å². The zero-order valence-electron chi connectivity index (χ0n) is 13.2. The van der Waals surface area contributed by atoms with E-state index in [2.05, 4.69) is 10.4 Å². The standard InChI is InChI=1S/C15H15F3N4O3/c1-10-9-13(15(16,17)18)20-21(10)8-4-7-19-14(23)11-5-2-3-6-12(11)22(24)25/h2-3,5-6,9H,4,7-8H2,1H3,(H,19,23). The maximum atomic E-state index is 12.6. The lowest BCUT2D eigenvalue weighted by Crippen LogP contribution is -2.26. The quantitative estimate of drug-likeness (QED) is 0.489. The van der Waals surface area contributed by atoms with Gasteiger partial charge in [0.25, 0.3) is 11.6 Å². The molecule has 0 fully saturated rings. The number of nitrogens with one attached hydrogen (secondary N) is 1. The minimum Gasteiger partial charge on any atom is -0.352 e. The van der Waals surface area contributed by atoms with E-state index in [1.807, 2.05) is 0 Å². The summed E-state index contributed by atoms with van der Waals surface area (Å²) in [6.45, 7) is 1.83. The van der Waals surface area contributed by atoms with Crippen LogP contribution in [0.15, 0.2) is 30.3 Å². The predicted molar refractivity (Wildman–Crippen MR) is 82.0 cm³/mol. The van der Waals surface area contributed by atoms with Gasteiger partial charge >= 0.3 is 6.18 Å². The van der Waals surface area contributed by atoms with Crippen LogP contribution in [0.3, 0.4) is 0 Å². The van der Waals surface area contributed by atoms with Gasteiger partial charge in [-0.05, 0) is 25.5 Å². The van der Waals surface area contributed by atoms with Gasteiger partial charge in [-0.15, -0.1) is 0 Å². The number of alkyl halides is 3. The maximum absolute atomic E-state index is 12.6. The molecule has 7 nitrogen and oxygen atoms in total. The smallest absolute Gasteiger partial charge is 0.352 e. The van der Waals surface area contributed by atoms with Gasteiger partial charge in [0.2, 0.25) is 0 Å². The Hall–Kier alpha value is -2.91. The maximum Gasteiger partial charge on any atom is 0.435 e. The Morgan fingerprint density at radius 1 is 1.36 bits per heavy atom. The molecule has 0 aliphatic heterocycles. The molecule has 0 bridgehead atoms. The van der Waals surface area contributed by atoms with Gasteiger partial charge in [-0.25, -0.2) is 0 Å². The fraction of sp³-hybridized carbons (Fsp3) is 0.333. The fourth-order valence-electron chi connectivity index (χ4n) is 2.23. The molecular weight excluding hydrogens is 341 g/mol.